The minimum atomic E-state index is -0.303. The van der Waals surface area contributed by atoms with Crippen molar-refractivity contribution in [3.8, 4) is 0 Å². The summed E-state index contributed by atoms with van der Waals surface area (Å²) in [6.45, 7) is 1.70. The number of piperidine rings is 1. The van der Waals surface area contributed by atoms with Gasteiger partial charge in [0.25, 0.3) is 0 Å². The highest BCUT2D eigenvalue weighted by atomic mass is 32.2. The van der Waals surface area contributed by atoms with Crippen LogP contribution in [-0.4, -0.2) is 51.1 Å². The third-order valence-corrected chi connectivity index (χ3v) is 7.77. The molecule has 5 heterocycles. The van der Waals surface area contributed by atoms with Crippen LogP contribution in [-0.2, 0) is 0 Å². The first-order valence-electron chi connectivity index (χ1n) is 11.2. The third-order valence-electron chi connectivity index (χ3n) is 6.95. The number of anilines is 2. The minimum Gasteiger partial charge on any atom is -0.386 e. The smallest absolute Gasteiger partial charge is 0.196 e. The topological polar surface area (TPSA) is 109 Å². The first-order chi connectivity index (χ1) is 16.6. The number of hydrogen-bond donors (Lipinski definition) is 3. The molecule has 1 aliphatic carbocycles. The van der Waals surface area contributed by atoms with Crippen molar-refractivity contribution in [2.24, 2.45) is 17.6 Å². The standard InChI is InChI=1S/C24H21FN8S/c1-27-18-6-11(25)5-13-19-22(30-21(13)18)31-24(32-23(19)33-9-14-15(10-33)20(14)26)34-12-7-17-16(29-8-12)3-2-4-28-17/h2-8,14-15,20,27H,9-10,26H2,1H3,(H,30,31,32). The highest BCUT2D eigenvalue weighted by Gasteiger charge is 2.54. The molecule has 2 unspecified atom stereocenters. The molecule has 0 amide bonds. The van der Waals surface area contributed by atoms with Crippen LogP contribution in [0.4, 0.5) is 15.9 Å². The van der Waals surface area contributed by atoms with Gasteiger partial charge in [-0.3, -0.25) is 9.97 Å². The Morgan fingerprint density at radius 1 is 1.15 bits per heavy atom. The Kier molecular flexibility index (Phi) is 4.25. The second-order valence-electron chi connectivity index (χ2n) is 8.93. The fourth-order valence-electron chi connectivity index (χ4n) is 5.14. The van der Waals surface area contributed by atoms with E-state index in [0.717, 1.165) is 51.1 Å². The summed E-state index contributed by atoms with van der Waals surface area (Å²) in [5, 5.41) is 5.29. The van der Waals surface area contributed by atoms with Crippen molar-refractivity contribution in [1.29, 1.82) is 0 Å². The number of benzene rings is 1. The number of hydrogen-bond acceptors (Lipinski definition) is 8. The molecule has 10 heteroatoms. The molecule has 5 aromatic rings. The van der Waals surface area contributed by atoms with Crippen LogP contribution in [0, 0.1) is 17.7 Å². The average molecular weight is 473 g/mol. The van der Waals surface area contributed by atoms with E-state index < -0.39 is 0 Å². The molecule has 1 aromatic carbocycles. The molecular formula is C24H21FN8S. The summed E-state index contributed by atoms with van der Waals surface area (Å²) >= 11 is 1.44. The van der Waals surface area contributed by atoms with Gasteiger partial charge >= 0.3 is 0 Å². The fraction of sp³-hybridized carbons (Fsp3) is 0.250. The van der Waals surface area contributed by atoms with E-state index in [2.05, 4.69) is 25.2 Å². The number of fused-ring (bicyclic) bond motifs is 5. The highest BCUT2D eigenvalue weighted by Crippen LogP contribution is 2.47. The minimum absolute atomic E-state index is 0.273. The van der Waals surface area contributed by atoms with Gasteiger partial charge < -0.3 is 20.9 Å². The number of halogens is 1. The van der Waals surface area contributed by atoms with Crippen LogP contribution in [0.3, 0.4) is 0 Å². The van der Waals surface area contributed by atoms with Crippen LogP contribution in [0.1, 0.15) is 0 Å². The number of aromatic nitrogens is 5. The number of H-pyrrole nitrogens is 1. The zero-order valence-corrected chi connectivity index (χ0v) is 19.1. The number of nitrogens with two attached hydrogens (primary N) is 1. The molecule has 0 bridgehead atoms. The molecule has 2 fully saturated rings. The molecule has 1 aliphatic heterocycles. The zero-order chi connectivity index (χ0) is 23.0. The first-order valence-corrected chi connectivity index (χ1v) is 12.0. The van der Waals surface area contributed by atoms with Gasteiger partial charge in [-0.15, -0.1) is 0 Å². The second kappa shape index (κ2) is 7.25. The maximum absolute atomic E-state index is 14.5. The molecule has 1 saturated carbocycles. The van der Waals surface area contributed by atoms with Crippen molar-refractivity contribution < 1.29 is 4.39 Å². The molecule has 170 valence electrons. The molecule has 34 heavy (non-hydrogen) atoms. The van der Waals surface area contributed by atoms with Crippen LogP contribution in [0.2, 0.25) is 0 Å². The van der Waals surface area contributed by atoms with Crippen LogP contribution >= 0.6 is 11.8 Å². The lowest BCUT2D eigenvalue weighted by Gasteiger charge is -2.21. The maximum atomic E-state index is 14.5. The Balaban J connectivity index is 1.39. The molecule has 0 spiro atoms. The van der Waals surface area contributed by atoms with Crippen LogP contribution in [0.5, 0.6) is 0 Å². The van der Waals surface area contributed by atoms with Crippen LogP contribution in [0.15, 0.2) is 52.8 Å². The number of pyridine rings is 2. The van der Waals surface area contributed by atoms with Crippen molar-refractivity contribution in [2.75, 3.05) is 30.4 Å². The molecule has 2 atom stereocenters. The summed E-state index contributed by atoms with van der Waals surface area (Å²) in [4.78, 5) is 25.3. The Labute approximate surface area is 198 Å². The lowest BCUT2D eigenvalue weighted by molar-refractivity contribution is 0.630. The van der Waals surface area contributed by atoms with Crippen molar-refractivity contribution in [1.82, 2.24) is 24.9 Å². The number of aromatic amines is 1. The first kappa shape index (κ1) is 19.9. The van der Waals surface area contributed by atoms with E-state index in [0.29, 0.717) is 28.3 Å². The van der Waals surface area contributed by atoms with Crippen molar-refractivity contribution >= 4 is 56.2 Å². The van der Waals surface area contributed by atoms with Crippen molar-refractivity contribution in [3.05, 3.63) is 48.5 Å². The molecule has 0 radical (unpaired) electrons. The normalized spacial score (nSPS) is 21.5. The van der Waals surface area contributed by atoms with Gasteiger partial charge in [-0.1, -0.05) is 0 Å². The fourth-order valence-corrected chi connectivity index (χ4v) is 5.89. The van der Waals surface area contributed by atoms with E-state index >= 15 is 0 Å². The second-order valence-corrected chi connectivity index (χ2v) is 9.97. The largest absolute Gasteiger partial charge is 0.386 e. The van der Waals surface area contributed by atoms with Gasteiger partial charge in [0.2, 0.25) is 0 Å². The van der Waals surface area contributed by atoms with Crippen LogP contribution in [0.25, 0.3) is 33.0 Å². The molecule has 4 aromatic heterocycles. The summed E-state index contributed by atoms with van der Waals surface area (Å²) in [7, 11) is 1.78. The van der Waals surface area contributed by atoms with E-state index in [4.69, 9.17) is 15.7 Å². The van der Waals surface area contributed by atoms with Gasteiger partial charge in [0.15, 0.2) is 5.16 Å². The lowest BCUT2D eigenvalue weighted by atomic mass is 10.1. The average Bonchev–Trinajstić information content (AvgIpc) is 3.19. The van der Waals surface area contributed by atoms with Gasteiger partial charge in [-0.05, 0) is 53.9 Å². The Bertz CT molecular complexity index is 1590. The summed E-state index contributed by atoms with van der Waals surface area (Å²) in [5.41, 5.74) is 10.0. The monoisotopic (exact) mass is 472 g/mol. The van der Waals surface area contributed by atoms with E-state index in [9.17, 15) is 4.39 Å². The summed E-state index contributed by atoms with van der Waals surface area (Å²) in [6.07, 6.45) is 3.57. The highest BCUT2D eigenvalue weighted by molar-refractivity contribution is 7.99. The summed E-state index contributed by atoms with van der Waals surface area (Å²) < 4.78 is 14.5. The molecular weight excluding hydrogens is 451 g/mol. The predicted octanol–water partition coefficient (Wildman–Crippen LogP) is 3.78. The Morgan fingerprint density at radius 2 is 2.00 bits per heavy atom. The van der Waals surface area contributed by atoms with Gasteiger partial charge in [0, 0.05) is 48.9 Å². The number of rotatable bonds is 4. The molecule has 4 N–H and O–H groups in total. The molecule has 7 rings (SSSR count). The van der Waals surface area contributed by atoms with Gasteiger partial charge in [0.05, 0.1) is 27.6 Å². The van der Waals surface area contributed by atoms with Crippen molar-refractivity contribution in [2.45, 2.75) is 16.1 Å². The van der Waals surface area contributed by atoms with E-state index in [1.807, 2.05) is 24.4 Å². The molecule has 1 saturated heterocycles. The Hall–Kier alpha value is -3.50. The van der Waals surface area contributed by atoms with Gasteiger partial charge in [0.1, 0.15) is 17.3 Å². The molecule has 8 nitrogen and oxygen atoms in total. The van der Waals surface area contributed by atoms with Gasteiger partial charge in [-0.2, -0.15) is 0 Å². The number of nitrogens with one attached hydrogen (secondary N) is 2. The SMILES string of the molecule is CNc1cc(F)cc2c1[nH]c1nc(Sc3cnc4cccnc4c3)nc(N3CC4C(N)C4C3)c12. The summed E-state index contributed by atoms with van der Waals surface area (Å²) in [5.74, 6) is 1.50. The predicted molar refractivity (Wildman–Crippen MR) is 132 cm³/mol. The molecule has 2 aliphatic rings. The Morgan fingerprint density at radius 3 is 2.82 bits per heavy atom. The lowest BCUT2D eigenvalue weighted by Crippen LogP contribution is -2.29. The summed E-state index contributed by atoms with van der Waals surface area (Å²) in [6, 6.07) is 9.10. The van der Waals surface area contributed by atoms with E-state index in [1.165, 1.54) is 17.8 Å². The quantitative estimate of drug-likeness (QED) is 0.339. The zero-order valence-electron chi connectivity index (χ0n) is 18.3. The van der Waals surface area contributed by atoms with E-state index in [1.54, 1.807) is 19.3 Å². The van der Waals surface area contributed by atoms with Crippen LogP contribution < -0.4 is 16.0 Å². The maximum Gasteiger partial charge on any atom is 0.196 e. The van der Waals surface area contributed by atoms with E-state index in [-0.39, 0.29) is 11.9 Å². The third kappa shape index (κ3) is 3.02. The van der Waals surface area contributed by atoms with Crippen molar-refractivity contribution in [3.63, 3.8) is 0 Å². The van der Waals surface area contributed by atoms with Gasteiger partial charge in [-0.25, -0.2) is 14.4 Å². The number of nitrogens with zero attached hydrogens (tertiary/aromatic N) is 5.